The molecule has 2 fully saturated rings. The molecule has 2 saturated heterocycles. The number of rotatable bonds is 8. The number of hydrogen-bond acceptors (Lipinski definition) is 8. The summed E-state index contributed by atoms with van der Waals surface area (Å²) in [5.41, 5.74) is 6.68. The number of piperidine rings is 2. The summed E-state index contributed by atoms with van der Waals surface area (Å²) in [4.78, 5) is 9.59. The first-order valence-corrected chi connectivity index (χ1v) is 14.5. The number of anilines is 1. The van der Waals surface area contributed by atoms with Crippen molar-refractivity contribution in [3.8, 4) is 17.0 Å². The summed E-state index contributed by atoms with van der Waals surface area (Å²) in [7, 11) is 0. The van der Waals surface area contributed by atoms with E-state index in [0.29, 0.717) is 6.61 Å². The third kappa shape index (κ3) is 6.38. The molecule has 0 spiro atoms. The lowest BCUT2D eigenvalue weighted by Crippen LogP contribution is -2.37. The molecule has 3 heterocycles. The Labute approximate surface area is 229 Å². The third-order valence-electron chi connectivity index (χ3n) is 7.95. The number of aliphatic hydroxyl groups excluding tert-OH is 2. The molecule has 0 atom stereocenters. The lowest BCUT2D eigenvalue weighted by molar-refractivity contribution is -0.0893. The standard InChI is InChI=1S/C30H39N3O4S/c1-20-4-3-5-26(27-19-38-30(31-27)33-14-8-23(9-15-33)29(35)36)28(20)37-18-24-7-6-22(16-21(24)2)17-32-12-10-25(34)11-13-32/h3-7,16,19,23,25,29,34-36H,8-15,17-18H2,1-2H3. The van der Waals surface area contributed by atoms with Crippen molar-refractivity contribution in [1.82, 2.24) is 9.88 Å². The van der Waals surface area contributed by atoms with Crippen molar-refractivity contribution in [3.05, 3.63) is 64.0 Å². The fourth-order valence-corrected chi connectivity index (χ4v) is 6.35. The average Bonchev–Trinajstić information content (AvgIpc) is 3.40. The van der Waals surface area contributed by atoms with Gasteiger partial charge < -0.3 is 25.0 Å². The molecule has 7 nitrogen and oxygen atoms in total. The summed E-state index contributed by atoms with van der Waals surface area (Å²) in [5.74, 6) is 0.806. The molecule has 2 aliphatic heterocycles. The topological polar surface area (TPSA) is 89.3 Å². The van der Waals surface area contributed by atoms with Gasteiger partial charge in [-0.15, -0.1) is 11.3 Å². The van der Waals surface area contributed by atoms with Gasteiger partial charge in [-0.3, -0.25) is 4.90 Å². The second-order valence-electron chi connectivity index (χ2n) is 10.8. The van der Waals surface area contributed by atoms with Crippen molar-refractivity contribution in [1.29, 1.82) is 0 Å². The Morgan fingerprint density at radius 1 is 1.00 bits per heavy atom. The van der Waals surface area contributed by atoms with Crippen LogP contribution < -0.4 is 9.64 Å². The van der Waals surface area contributed by atoms with Crippen LogP contribution in [0, 0.1) is 19.8 Å². The maximum absolute atomic E-state index is 9.76. The number of para-hydroxylation sites is 1. The fraction of sp³-hybridized carbons (Fsp3) is 0.500. The van der Waals surface area contributed by atoms with Crippen molar-refractivity contribution < 1.29 is 20.1 Å². The summed E-state index contributed by atoms with van der Waals surface area (Å²) >= 11 is 1.62. The predicted octanol–water partition coefficient (Wildman–Crippen LogP) is 4.49. The van der Waals surface area contributed by atoms with E-state index in [9.17, 15) is 15.3 Å². The molecule has 0 unspecified atom stereocenters. The lowest BCUT2D eigenvalue weighted by atomic mass is 9.97. The van der Waals surface area contributed by atoms with Gasteiger partial charge in [0.2, 0.25) is 0 Å². The van der Waals surface area contributed by atoms with E-state index >= 15 is 0 Å². The zero-order valence-corrected chi connectivity index (χ0v) is 23.2. The molecule has 0 saturated carbocycles. The van der Waals surface area contributed by atoms with Crippen molar-refractivity contribution in [3.63, 3.8) is 0 Å². The highest BCUT2D eigenvalue weighted by atomic mass is 32.1. The molecule has 3 aromatic rings. The molecule has 5 rings (SSSR count). The lowest BCUT2D eigenvalue weighted by Gasteiger charge is -2.32. The largest absolute Gasteiger partial charge is 0.488 e. The van der Waals surface area contributed by atoms with Crippen LogP contribution in [0.4, 0.5) is 5.13 Å². The number of nitrogens with zero attached hydrogens (tertiary/aromatic N) is 3. The summed E-state index contributed by atoms with van der Waals surface area (Å²) in [5, 5.41) is 31.8. The number of aliphatic hydroxyl groups is 3. The summed E-state index contributed by atoms with van der Waals surface area (Å²) in [6, 6.07) is 12.8. The Kier molecular flexibility index (Phi) is 8.65. The molecular formula is C30H39N3O4S. The minimum Gasteiger partial charge on any atom is -0.488 e. The van der Waals surface area contributed by atoms with Gasteiger partial charge in [-0.05, 0) is 67.9 Å². The number of ether oxygens (including phenoxy) is 1. The van der Waals surface area contributed by atoms with Crippen LogP contribution in [-0.4, -0.2) is 63.8 Å². The molecule has 0 radical (unpaired) electrons. The van der Waals surface area contributed by atoms with E-state index in [4.69, 9.17) is 9.72 Å². The first-order valence-electron chi connectivity index (χ1n) is 13.7. The van der Waals surface area contributed by atoms with Crippen LogP contribution >= 0.6 is 11.3 Å². The maximum atomic E-state index is 9.76. The number of aryl methyl sites for hydroxylation is 2. The van der Waals surface area contributed by atoms with Crippen molar-refractivity contribution in [2.24, 2.45) is 5.92 Å². The van der Waals surface area contributed by atoms with E-state index in [1.165, 1.54) is 16.7 Å². The van der Waals surface area contributed by atoms with Gasteiger partial charge in [0.25, 0.3) is 0 Å². The number of benzene rings is 2. The average molecular weight is 538 g/mol. The first kappa shape index (κ1) is 27.1. The highest BCUT2D eigenvalue weighted by Crippen LogP contribution is 2.37. The minimum absolute atomic E-state index is 0.0567. The van der Waals surface area contributed by atoms with Gasteiger partial charge in [0.15, 0.2) is 11.4 Å². The Hall–Kier alpha value is -2.49. The second kappa shape index (κ2) is 12.1. The predicted molar refractivity (Wildman–Crippen MR) is 151 cm³/mol. The number of hydrogen-bond donors (Lipinski definition) is 3. The third-order valence-corrected chi connectivity index (χ3v) is 8.86. The number of thiazole rings is 1. The number of aromatic nitrogens is 1. The van der Waals surface area contributed by atoms with Gasteiger partial charge >= 0.3 is 0 Å². The van der Waals surface area contributed by atoms with Crippen LogP contribution in [0.2, 0.25) is 0 Å². The quantitative estimate of drug-likeness (QED) is 0.365. The monoisotopic (exact) mass is 537 g/mol. The minimum atomic E-state index is -1.24. The van der Waals surface area contributed by atoms with Crippen LogP contribution in [0.3, 0.4) is 0 Å². The van der Waals surface area contributed by atoms with E-state index in [1.807, 2.05) is 6.07 Å². The van der Waals surface area contributed by atoms with E-state index in [1.54, 1.807) is 11.3 Å². The van der Waals surface area contributed by atoms with Crippen LogP contribution in [-0.2, 0) is 13.2 Å². The normalized spacial score (nSPS) is 17.9. The molecular weight excluding hydrogens is 498 g/mol. The molecule has 8 heteroatoms. The summed E-state index contributed by atoms with van der Waals surface area (Å²) in [6.07, 6.45) is 1.84. The van der Waals surface area contributed by atoms with Gasteiger partial charge in [0.05, 0.1) is 11.8 Å². The zero-order chi connectivity index (χ0) is 26.6. The van der Waals surface area contributed by atoms with Gasteiger partial charge in [0.1, 0.15) is 12.4 Å². The molecule has 38 heavy (non-hydrogen) atoms. The van der Waals surface area contributed by atoms with E-state index in [-0.39, 0.29) is 12.0 Å². The molecule has 3 N–H and O–H groups in total. The molecule has 0 aliphatic carbocycles. The van der Waals surface area contributed by atoms with Gasteiger partial charge in [-0.1, -0.05) is 30.3 Å². The van der Waals surface area contributed by atoms with Crippen molar-refractivity contribution in [2.75, 3.05) is 31.1 Å². The van der Waals surface area contributed by atoms with E-state index in [0.717, 1.165) is 86.1 Å². The van der Waals surface area contributed by atoms with Gasteiger partial charge in [0, 0.05) is 49.6 Å². The van der Waals surface area contributed by atoms with E-state index in [2.05, 4.69) is 59.4 Å². The Morgan fingerprint density at radius 2 is 1.76 bits per heavy atom. The first-order chi connectivity index (χ1) is 18.4. The van der Waals surface area contributed by atoms with Crippen molar-refractivity contribution >= 4 is 16.5 Å². The highest BCUT2D eigenvalue weighted by Gasteiger charge is 2.26. The zero-order valence-electron chi connectivity index (χ0n) is 22.3. The Morgan fingerprint density at radius 3 is 2.47 bits per heavy atom. The maximum Gasteiger partial charge on any atom is 0.185 e. The highest BCUT2D eigenvalue weighted by molar-refractivity contribution is 7.14. The van der Waals surface area contributed by atoms with Crippen LogP contribution in [0.1, 0.15) is 47.9 Å². The smallest absolute Gasteiger partial charge is 0.185 e. The molecule has 204 valence electrons. The van der Waals surface area contributed by atoms with Crippen molar-refractivity contribution in [2.45, 2.75) is 65.1 Å². The molecule has 0 amide bonds. The van der Waals surface area contributed by atoms with Crippen LogP contribution in [0.15, 0.2) is 41.8 Å². The fourth-order valence-electron chi connectivity index (χ4n) is 5.47. The Balaban J connectivity index is 1.25. The molecule has 2 aromatic carbocycles. The van der Waals surface area contributed by atoms with Gasteiger partial charge in [-0.2, -0.15) is 0 Å². The molecule has 2 aliphatic rings. The van der Waals surface area contributed by atoms with Crippen LogP contribution in [0.5, 0.6) is 5.75 Å². The SMILES string of the molecule is Cc1cc(CN2CCC(O)CC2)ccc1COc1c(C)cccc1-c1csc(N2CCC(C(O)O)CC2)n1. The second-order valence-corrected chi connectivity index (χ2v) is 11.6. The summed E-state index contributed by atoms with van der Waals surface area (Å²) in [6.45, 7) is 9.08. The number of likely N-dealkylation sites (tertiary alicyclic amines) is 1. The Bertz CT molecular complexity index is 1210. The molecule has 0 bridgehead atoms. The van der Waals surface area contributed by atoms with Crippen LogP contribution in [0.25, 0.3) is 11.3 Å². The molecule has 1 aromatic heterocycles. The van der Waals surface area contributed by atoms with E-state index < -0.39 is 6.29 Å². The van der Waals surface area contributed by atoms with Gasteiger partial charge in [-0.25, -0.2) is 4.98 Å². The summed E-state index contributed by atoms with van der Waals surface area (Å²) < 4.78 is 6.44.